The zero-order valence-electron chi connectivity index (χ0n) is 13.6. The second-order valence-electron chi connectivity index (χ2n) is 6.84. The van der Waals surface area contributed by atoms with E-state index in [2.05, 4.69) is 35.2 Å². The molecule has 24 heavy (non-hydrogen) atoms. The third-order valence-electron chi connectivity index (χ3n) is 5.19. The molecule has 0 spiro atoms. The Morgan fingerprint density at radius 1 is 0.958 bits per heavy atom. The molecule has 0 radical (unpaired) electrons. The summed E-state index contributed by atoms with van der Waals surface area (Å²) < 4.78 is 0. The summed E-state index contributed by atoms with van der Waals surface area (Å²) in [7, 11) is 0. The lowest BCUT2D eigenvalue weighted by Crippen LogP contribution is -2.54. The molecule has 1 amide bonds. The van der Waals surface area contributed by atoms with E-state index in [1.807, 2.05) is 29.2 Å². The van der Waals surface area contributed by atoms with Crippen LogP contribution in [0.15, 0.2) is 54.6 Å². The van der Waals surface area contributed by atoms with Crippen LogP contribution < -0.4 is 0 Å². The molecule has 3 nitrogen and oxygen atoms in total. The summed E-state index contributed by atoms with van der Waals surface area (Å²) in [6.45, 7) is 3.86. The highest BCUT2D eigenvalue weighted by molar-refractivity contribution is 6.30. The lowest BCUT2D eigenvalue weighted by Gasteiger charge is -2.43. The summed E-state index contributed by atoms with van der Waals surface area (Å²) in [5.74, 6) is 0.870. The lowest BCUT2D eigenvalue weighted by molar-refractivity contribution is -0.129. The van der Waals surface area contributed by atoms with E-state index in [-0.39, 0.29) is 5.91 Å². The van der Waals surface area contributed by atoms with Crippen molar-refractivity contribution in [2.75, 3.05) is 19.6 Å². The monoisotopic (exact) mass is 340 g/mol. The number of halogens is 1. The molecule has 2 heterocycles. The second kappa shape index (κ2) is 6.58. The maximum Gasteiger partial charge on any atom is 0.227 e. The minimum absolute atomic E-state index is 0.228. The van der Waals surface area contributed by atoms with Crippen LogP contribution in [0.4, 0.5) is 0 Å². The van der Waals surface area contributed by atoms with Crippen molar-refractivity contribution in [3.8, 4) is 0 Å². The third-order valence-corrected chi connectivity index (χ3v) is 5.45. The minimum atomic E-state index is 0.228. The number of likely N-dealkylation sites (tertiary alicyclic amines) is 2. The zero-order valence-corrected chi connectivity index (χ0v) is 14.3. The molecule has 2 aliphatic rings. The van der Waals surface area contributed by atoms with Crippen molar-refractivity contribution in [1.29, 1.82) is 0 Å². The third kappa shape index (κ3) is 3.19. The van der Waals surface area contributed by atoms with Gasteiger partial charge in [0.15, 0.2) is 0 Å². The van der Waals surface area contributed by atoms with Crippen LogP contribution in [0.25, 0.3) is 0 Å². The van der Waals surface area contributed by atoms with Crippen molar-refractivity contribution in [2.45, 2.75) is 19.0 Å². The molecule has 2 saturated heterocycles. The van der Waals surface area contributed by atoms with Gasteiger partial charge in [-0.1, -0.05) is 54.1 Å². The van der Waals surface area contributed by atoms with Crippen LogP contribution in [0.1, 0.15) is 11.1 Å². The molecule has 2 atom stereocenters. The van der Waals surface area contributed by atoms with Gasteiger partial charge in [0.2, 0.25) is 5.91 Å². The van der Waals surface area contributed by atoms with Crippen molar-refractivity contribution >= 4 is 17.5 Å². The Bertz CT molecular complexity index is 716. The summed E-state index contributed by atoms with van der Waals surface area (Å²) in [5, 5.41) is 0.710. The number of nitrogens with zero attached hydrogens (tertiary/aromatic N) is 2. The van der Waals surface area contributed by atoms with E-state index in [4.69, 9.17) is 11.6 Å². The largest absolute Gasteiger partial charge is 0.340 e. The number of carbonyl (C=O) groups is 1. The van der Waals surface area contributed by atoms with Crippen molar-refractivity contribution in [1.82, 2.24) is 9.80 Å². The predicted octanol–water partition coefficient (Wildman–Crippen LogP) is 3.23. The van der Waals surface area contributed by atoms with E-state index in [0.717, 1.165) is 31.7 Å². The van der Waals surface area contributed by atoms with Crippen molar-refractivity contribution in [2.24, 2.45) is 5.92 Å². The van der Waals surface area contributed by atoms with Crippen LogP contribution in [-0.4, -0.2) is 41.4 Å². The molecule has 0 aliphatic carbocycles. The van der Waals surface area contributed by atoms with Gasteiger partial charge in [0.1, 0.15) is 0 Å². The first kappa shape index (κ1) is 15.7. The molecule has 4 rings (SSSR count). The Kier molecular flexibility index (Phi) is 4.30. The average Bonchev–Trinajstić information content (AvgIpc) is 2.93. The summed E-state index contributed by atoms with van der Waals surface area (Å²) in [6.07, 6.45) is 0.468. The Balaban J connectivity index is 1.33. The fourth-order valence-corrected chi connectivity index (χ4v) is 3.96. The number of hydrogen-bond donors (Lipinski definition) is 0. The first-order chi connectivity index (χ1) is 11.7. The molecule has 0 N–H and O–H groups in total. The normalized spacial score (nSPS) is 23.0. The van der Waals surface area contributed by atoms with Crippen LogP contribution in [0.2, 0.25) is 5.02 Å². The fraction of sp³-hybridized carbons (Fsp3) is 0.350. The SMILES string of the molecule is O=C(Cc1ccc(Cl)cc1)N1C[C@H]2CN(Cc3ccccc3)[C@H]2C1. The smallest absolute Gasteiger partial charge is 0.227 e. The molecule has 124 valence electrons. The van der Waals surface area contributed by atoms with Crippen LogP contribution in [-0.2, 0) is 17.8 Å². The Labute approximate surface area is 147 Å². The first-order valence-electron chi connectivity index (χ1n) is 8.49. The first-order valence-corrected chi connectivity index (χ1v) is 8.87. The van der Waals surface area contributed by atoms with Gasteiger partial charge in [-0.3, -0.25) is 9.69 Å². The lowest BCUT2D eigenvalue weighted by atomic mass is 9.91. The molecular weight excluding hydrogens is 320 g/mol. The molecule has 2 aromatic carbocycles. The van der Waals surface area contributed by atoms with Crippen LogP contribution in [0.3, 0.4) is 0 Å². The van der Waals surface area contributed by atoms with Crippen LogP contribution >= 0.6 is 11.6 Å². The molecule has 0 aromatic heterocycles. The molecular formula is C20H21ClN2O. The van der Waals surface area contributed by atoms with Gasteiger partial charge in [0, 0.05) is 43.2 Å². The average molecular weight is 341 g/mol. The predicted molar refractivity (Wildman–Crippen MR) is 95.9 cm³/mol. The zero-order chi connectivity index (χ0) is 16.5. The van der Waals surface area contributed by atoms with Crippen LogP contribution in [0, 0.1) is 5.92 Å². The topological polar surface area (TPSA) is 23.6 Å². The van der Waals surface area contributed by atoms with Crippen molar-refractivity contribution in [3.63, 3.8) is 0 Å². The van der Waals surface area contributed by atoms with Gasteiger partial charge in [0.25, 0.3) is 0 Å². The number of rotatable bonds is 4. The van der Waals surface area contributed by atoms with Gasteiger partial charge in [-0.15, -0.1) is 0 Å². The summed E-state index contributed by atoms with van der Waals surface area (Å²) in [5.41, 5.74) is 2.38. The highest BCUT2D eigenvalue weighted by Gasteiger charge is 2.46. The summed E-state index contributed by atoms with van der Waals surface area (Å²) >= 11 is 5.90. The number of hydrogen-bond acceptors (Lipinski definition) is 2. The molecule has 2 aromatic rings. The standard InChI is InChI=1S/C20H21ClN2O/c21-18-8-6-15(7-9-18)10-20(24)23-13-17-12-22(19(17)14-23)11-16-4-2-1-3-5-16/h1-9,17,19H,10-14H2/t17-,19+/m1/s1. The van der Waals surface area contributed by atoms with Crippen molar-refractivity contribution in [3.05, 3.63) is 70.7 Å². The number of amides is 1. The molecule has 2 fully saturated rings. The fourth-order valence-electron chi connectivity index (χ4n) is 3.84. The highest BCUT2D eigenvalue weighted by Crippen LogP contribution is 2.33. The van der Waals surface area contributed by atoms with E-state index in [1.54, 1.807) is 0 Å². The summed E-state index contributed by atoms with van der Waals surface area (Å²) in [6, 6.07) is 18.7. The molecule has 0 unspecified atom stereocenters. The van der Waals surface area contributed by atoms with Gasteiger partial charge in [0.05, 0.1) is 6.42 Å². The molecule has 4 heteroatoms. The quantitative estimate of drug-likeness (QED) is 0.853. The van der Waals surface area contributed by atoms with E-state index in [9.17, 15) is 4.79 Å². The van der Waals surface area contributed by atoms with Crippen LogP contribution in [0.5, 0.6) is 0 Å². The van der Waals surface area contributed by atoms with Gasteiger partial charge in [-0.25, -0.2) is 0 Å². The minimum Gasteiger partial charge on any atom is -0.340 e. The van der Waals surface area contributed by atoms with E-state index < -0.39 is 0 Å². The van der Waals surface area contributed by atoms with Gasteiger partial charge < -0.3 is 4.90 Å². The molecule has 0 saturated carbocycles. The van der Waals surface area contributed by atoms with E-state index in [1.165, 1.54) is 5.56 Å². The maximum absolute atomic E-state index is 12.6. The molecule has 0 bridgehead atoms. The van der Waals surface area contributed by atoms with Gasteiger partial charge in [-0.05, 0) is 23.3 Å². The van der Waals surface area contributed by atoms with E-state index >= 15 is 0 Å². The number of benzene rings is 2. The summed E-state index contributed by atoms with van der Waals surface area (Å²) in [4.78, 5) is 17.1. The second-order valence-corrected chi connectivity index (χ2v) is 7.28. The van der Waals surface area contributed by atoms with E-state index in [0.29, 0.717) is 23.4 Å². The Hall–Kier alpha value is -1.84. The van der Waals surface area contributed by atoms with Gasteiger partial charge in [-0.2, -0.15) is 0 Å². The Morgan fingerprint density at radius 3 is 2.46 bits per heavy atom. The number of carbonyl (C=O) groups excluding carboxylic acids is 1. The van der Waals surface area contributed by atoms with Gasteiger partial charge >= 0.3 is 0 Å². The number of fused-ring (bicyclic) bond motifs is 1. The van der Waals surface area contributed by atoms with Crippen molar-refractivity contribution < 1.29 is 4.79 Å². The Morgan fingerprint density at radius 2 is 1.71 bits per heavy atom. The highest BCUT2D eigenvalue weighted by atomic mass is 35.5. The molecule has 2 aliphatic heterocycles. The maximum atomic E-state index is 12.6.